The van der Waals surface area contributed by atoms with Gasteiger partial charge >= 0.3 is 16.4 Å². The molecule has 88 heavy (non-hydrogen) atoms. The summed E-state index contributed by atoms with van der Waals surface area (Å²) in [5.41, 5.74) is -3.20. The van der Waals surface area contributed by atoms with Gasteiger partial charge in [0.15, 0.2) is 31.5 Å². The van der Waals surface area contributed by atoms with Crippen LogP contribution in [0.25, 0.3) is 0 Å². The number of carbonyl (C=O) groups is 1. The van der Waals surface area contributed by atoms with Crippen molar-refractivity contribution >= 4 is 16.4 Å². The van der Waals surface area contributed by atoms with Crippen LogP contribution in [0.3, 0.4) is 0 Å². The minimum atomic E-state index is -5.25. The van der Waals surface area contributed by atoms with Crippen molar-refractivity contribution in [2.24, 2.45) is 39.4 Å². The van der Waals surface area contributed by atoms with Crippen LogP contribution in [0.1, 0.15) is 93.9 Å². The van der Waals surface area contributed by atoms with E-state index in [1.165, 1.54) is 19.6 Å². The molecule has 11 aliphatic rings. The van der Waals surface area contributed by atoms with Crippen LogP contribution >= 0.6 is 0 Å². The Hall–Kier alpha value is -2.10. The Morgan fingerprint density at radius 2 is 1.32 bits per heavy atom. The van der Waals surface area contributed by atoms with Crippen molar-refractivity contribution in [2.75, 3.05) is 33.5 Å². The minimum absolute atomic E-state index is 0.0419. The fourth-order valence-electron chi connectivity index (χ4n) is 17.5. The summed E-state index contributed by atoms with van der Waals surface area (Å²) in [4.78, 5) is 14.6. The zero-order valence-electron chi connectivity index (χ0n) is 50.7. The van der Waals surface area contributed by atoms with Crippen molar-refractivity contribution in [3.05, 3.63) is 23.8 Å². The van der Waals surface area contributed by atoms with E-state index in [4.69, 9.17) is 65.8 Å². The van der Waals surface area contributed by atoms with Gasteiger partial charge < -0.3 is 118 Å². The zero-order valence-corrected chi connectivity index (χ0v) is 51.5. The number of rotatable bonds is 16. The van der Waals surface area contributed by atoms with E-state index < -0.39 is 205 Å². The van der Waals surface area contributed by atoms with E-state index in [9.17, 15) is 73.9 Å². The number of aliphatic hydroxyl groups excluding tert-OH is 10. The first-order valence-electron chi connectivity index (χ1n) is 30.5. The highest BCUT2D eigenvalue weighted by Gasteiger charge is 2.82. The summed E-state index contributed by atoms with van der Waals surface area (Å²) in [5.74, 6) is -0.408. The van der Waals surface area contributed by atoms with E-state index in [1.54, 1.807) is 19.9 Å². The zero-order chi connectivity index (χ0) is 63.9. The third kappa shape index (κ3) is 11.3. The van der Waals surface area contributed by atoms with Crippen molar-refractivity contribution < 1.29 is 140 Å². The van der Waals surface area contributed by atoms with Gasteiger partial charge in [0.05, 0.1) is 55.8 Å². The quantitative estimate of drug-likeness (QED) is 0.0432. The molecule has 3 saturated carbocycles. The second-order valence-corrected chi connectivity index (χ2v) is 29.0. The highest BCUT2D eigenvalue weighted by Crippen LogP contribution is 2.78. The molecule has 0 aromatic carbocycles. The van der Waals surface area contributed by atoms with Crippen LogP contribution in [0, 0.1) is 39.4 Å². The number of ether oxygens (including phenoxy) is 13. The van der Waals surface area contributed by atoms with Crippen LogP contribution in [0.15, 0.2) is 23.8 Å². The third-order valence-corrected chi connectivity index (χ3v) is 22.4. The van der Waals surface area contributed by atoms with Crippen LogP contribution in [-0.2, 0) is 81.0 Å². The number of hydrogen-bond donors (Lipinski definition) is 12. The van der Waals surface area contributed by atoms with Gasteiger partial charge in [-0.25, -0.2) is 4.18 Å². The molecule has 29 nitrogen and oxygen atoms in total. The van der Waals surface area contributed by atoms with Gasteiger partial charge in [-0.15, -0.1) is 0 Å². The Morgan fingerprint density at radius 3 is 1.99 bits per heavy atom. The normalized spacial score (nSPS) is 52.8. The highest BCUT2D eigenvalue weighted by molar-refractivity contribution is 7.80. The van der Waals surface area contributed by atoms with Gasteiger partial charge in [-0.05, 0) is 88.9 Å². The maximum Gasteiger partial charge on any atom is 0.397 e. The summed E-state index contributed by atoms with van der Waals surface area (Å²) < 4.78 is 119. The van der Waals surface area contributed by atoms with Crippen LogP contribution in [0.2, 0.25) is 0 Å². The number of carbonyl (C=O) groups excluding carboxylic acids is 1. The molecule has 7 heterocycles. The average Bonchev–Trinajstić information content (AvgIpc) is 1.48. The fraction of sp³-hybridized carbons (Fsp3) is 0.914. The molecule has 7 aliphatic heterocycles. The van der Waals surface area contributed by atoms with Crippen molar-refractivity contribution in [3.63, 3.8) is 0 Å². The molecule has 4 aliphatic carbocycles. The lowest BCUT2D eigenvalue weighted by Gasteiger charge is -2.64. The molecule has 32 unspecified atom stereocenters. The summed E-state index contributed by atoms with van der Waals surface area (Å²) in [5, 5.41) is 122. The lowest BCUT2D eigenvalue weighted by atomic mass is 9.41. The number of esters is 1. The standard InChI is InChI=1S/C58H90O29S/c1-23-41(82-49-40(68)43(35(63)29(19-59)80-49)83-48-39(67)42(74-9)27(61)21-76-48)38(66)45(84-47-37(65)34(62)26(60)20-75-47)51(78-23)85-44-36(64)30(87-88(71,72)73)22-77-50(44)81-32-14-16-55(6)24-12-17-58-46-28(18-56(58,7)25(24)10-11-31(55)54(32,4)5)79-33(13-15-53(2,3)70)57(46,8)86-52(58)69/h10,13,15,23-24,26-51,59-68,70H,11-12,14,16-22H2,1-9H3,(H,71,72,73). The first kappa shape index (κ1) is 67.3. The van der Waals surface area contributed by atoms with Crippen LogP contribution in [0.4, 0.5) is 0 Å². The van der Waals surface area contributed by atoms with Gasteiger partial charge in [0.1, 0.15) is 109 Å². The molecule has 0 aromatic heterocycles. The third-order valence-electron chi connectivity index (χ3n) is 21.9. The monoisotopic (exact) mass is 1280 g/mol. The SMILES string of the molecule is COC1C(O)COC(OC2C(O)C(CO)OC(OC3C(C)OC(OC4C(OC5CCC6(C)C7CCC89C(=O)OC%10(C)C(C=CC(C)(C)O)OC(CC8(C)C7=CCC6C5(C)C)C%109)OCC(OS(=O)(=O)O)C4O)C(OC4OCC(O)C(O)C4O)C3O)C2O)C1O. The molecule has 0 aromatic rings. The Balaban J connectivity index is 0.847. The lowest BCUT2D eigenvalue weighted by molar-refractivity contribution is -0.402. The number of fused-ring (bicyclic) bond motifs is 4. The highest BCUT2D eigenvalue weighted by atomic mass is 32.3. The Kier molecular flexibility index (Phi) is 18.6. The van der Waals surface area contributed by atoms with Crippen LogP contribution in [-0.4, -0.2) is 273 Å². The van der Waals surface area contributed by atoms with Crippen LogP contribution in [0.5, 0.6) is 0 Å². The molecule has 0 amide bonds. The molecule has 12 N–H and O–H groups in total. The van der Waals surface area contributed by atoms with Gasteiger partial charge in [0.2, 0.25) is 0 Å². The van der Waals surface area contributed by atoms with Gasteiger partial charge in [0.25, 0.3) is 0 Å². The molecule has 0 bridgehead atoms. The molecule has 10 fully saturated rings. The number of aliphatic hydroxyl groups is 11. The molecule has 502 valence electrons. The van der Waals surface area contributed by atoms with E-state index in [1.807, 2.05) is 13.0 Å². The van der Waals surface area contributed by atoms with E-state index in [2.05, 4.69) is 33.8 Å². The second-order valence-electron chi connectivity index (χ2n) is 28.0. The first-order chi connectivity index (χ1) is 41.1. The average molecular weight is 1280 g/mol. The second kappa shape index (κ2) is 24.3. The van der Waals surface area contributed by atoms with E-state index in [-0.39, 0.29) is 41.8 Å². The molecule has 30 heteroatoms. The summed E-state index contributed by atoms with van der Waals surface area (Å²) >= 11 is 0. The topological polar surface area (TPSA) is 423 Å². The molecule has 7 saturated heterocycles. The van der Waals surface area contributed by atoms with Gasteiger partial charge in [0, 0.05) is 18.4 Å². The molecular weight excluding hydrogens is 1190 g/mol. The number of hydrogen-bond acceptors (Lipinski definition) is 28. The van der Waals surface area contributed by atoms with Crippen molar-refractivity contribution in [2.45, 2.75) is 259 Å². The summed E-state index contributed by atoms with van der Waals surface area (Å²) in [6.07, 6.45) is -30.0. The Labute approximate surface area is 509 Å². The smallest absolute Gasteiger partial charge is 0.397 e. The van der Waals surface area contributed by atoms with E-state index >= 15 is 0 Å². The van der Waals surface area contributed by atoms with Crippen molar-refractivity contribution in [3.8, 4) is 0 Å². The van der Waals surface area contributed by atoms with Gasteiger partial charge in [-0.3, -0.25) is 9.35 Å². The van der Waals surface area contributed by atoms with Gasteiger partial charge in [-0.1, -0.05) is 51.5 Å². The van der Waals surface area contributed by atoms with Gasteiger partial charge in [-0.2, -0.15) is 8.42 Å². The van der Waals surface area contributed by atoms with Crippen molar-refractivity contribution in [1.82, 2.24) is 0 Å². The lowest BCUT2D eigenvalue weighted by Crippen LogP contribution is -2.67. The number of methoxy groups -OCH3 is 1. The van der Waals surface area contributed by atoms with E-state index in [0.29, 0.717) is 38.5 Å². The predicted molar refractivity (Wildman–Crippen MR) is 292 cm³/mol. The Morgan fingerprint density at radius 1 is 0.693 bits per heavy atom. The largest absolute Gasteiger partial charge is 0.455 e. The minimum Gasteiger partial charge on any atom is -0.455 e. The Bertz CT molecular complexity index is 2700. The number of allylic oxidation sites excluding steroid dienone is 2. The van der Waals surface area contributed by atoms with Crippen LogP contribution < -0.4 is 0 Å². The molecule has 0 radical (unpaired) electrons. The maximum absolute atomic E-state index is 14.6. The molecule has 1 spiro atoms. The molecule has 32 atom stereocenters. The molecule has 11 rings (SSSR count). The fourth-order valence-corrected chi connectivity index (χ4v) is 18.0. The van der Waals surface area contributed by atoms with Crippen molar-refractivity contribution in [1.29, 1.82) is 0 Å². The first-order valence-corrected chi connectivity index (χ1v) is 31.9. The summed E-state index contributed by atoms with van der Waals surface area (Å²) in [6.45, 7) is 12.8. The van der Waals surface area contributed by atoms with E-state index in [0.717, 1.165) is 0 Å². The summed E-state index contributed by atoms with van der Waals surface area (Å²) in [6, 6.07) is 0. The summed E-state index contributed by atoms with van der Waals surface area (Å²) in [7, 11) is -4.03. The molecular formula is C58H90O29S. The predicted octanol–water partition coefficient (Wildman–Crippen LogP) is -2.50. The maximum atomic E-state index is 14.6.